The van der Waals surface area contributed by atoms with Crippen LogP contribution in [0.25, 0.3) is 0 Å². The average molecular weight is 232 g/mol. The van der Waals surface area contributed by atoms with E-state index in [4.69, 9.17) is 10.00 Å². The Balaban J connectivity index is 2.35. The second-order valence-electron chi connectivity index (χ2n) is 4.41. The molecule has 1 rings (SSSR count). The second kappa shape index (κ2) is 6.27. The molecular weight excluding hydrogens is 212 g/mol. The summed E-state index contributed by atoms with van der Waals surface area (Å²) in [5.41, 5.74) is 0.693. The summed E-state index contributed by atoms with van der Waals surface area (Å²) < 4.78 is 5.68. The number of ether oxygens (including phenoxy) is 1. The molecule has 0 heterocycles. The Labute approximate surface area is 103 Å². The van der Waals surface area contributed by atoms with E-state index < -0.39 is 5.54 Å². The number of hydrogen-bond donors (Lipinski definition) is 1. The lowest BCUT2D eigenvalue weighted by molar-refractivity contribution is 0.287. The third-order valence-electron chi connectivity index (χ3n) is 2.97. The fourth-order valence-electron chi connectivity index (χ4n) is 1.56. The predicted octanol–water partition coefficient (Wildman–Crippen LogP) is 2.66. The fraction of sp³-hybridized carbons (Fsp3) is 0.500. The van der Waals surface area contributed by atoms with Crippen molar-refractivity contribution in [3.63, 3.8) is 0 Å². The summed E-state index contributed by atoms with van der Waals surface area (Å²) in [5.74, 6) is 0.926. The van der Waals surface area contributed by atoms with Crippen molar-refractivity contribution in [2.45, 2.75) is 32.2 Å². The van der Waals surface area contributed by atoms with E-state index in [0.29, 0.717) is 6.61 Å². The highest BCUT2D eigenvalue weighted by atomic mass is 16.5. The summed E-state index contributed by atoms with van der Waals surface area (Å²) in [4.78, 5) is 0. The molecule has 1 aromatic carbocycles. The summed E-state index contributed by atoms with van der Waals surface area (Å²) in [6.07, 6.45) is 1.64. The number of nitriles is 1. The lowest BCUT2D eigenvalue weighted by atomic mass is 9.98. The molecule has 17 heavy (non-hydrogen) atoms. The zero-order chi connectivity index (χ0) is 12.7. The van der Waals surface area contributed by atoms with E-state index in [2.05, 4.69) is 11.4 Å². The first-order chi connectivity index (χ1) is 8.11. The normalized spacial score (nSPS) is 13.8. The van der Waals surface area contributed by atoms with Crippen molar-refractivity contribution in [2.24, 2.45) is 0 Å². The van der Waals surface area contributed by atoms with Gasteiger partial charge < -0.3 is 10.1 Å². The average Bonchev–Trinajstić information content (AvgIpc) is 2.36. The molecule has 0 bridgehead atoms. The molecule has 1 atom stereocenters. The Kier molecular flexibility index (Phi) is 4.99. The fourth-order valence-corrected chi connectivity index (χ4v) is 1.56. The highest BCUT2D eigenvalue weighted by Gasteiger charge is 2.20. The maximum Gasteiger partial charge on any atom is 0.122 e. The third-order valence-corrected chi connectivity index (χ3v) is 2.97. The SMILES string of the molecule is CNC(C)(C#N)CCCOc1ccccc1C. The zero-order valence-electron chi connectivity index (χ0n) is 10.8. The van der Waals surface area contributed by atoms with Gasteiger partial charge in [0.1, 0.15) is 11.3 Å². The molecular formula is C14H20N2O. The third kappa shape index (κ3) is 4.08. The summed E-state index contributed by atoms with van der Waals surface area (Å²) in [7, 11) is 1.81. The number of nitrogens with one attached hydrogen (secondary N) is 1. The molecule has 1 N–H and O–H groups in total. The molecule has 3 nitrogen and oxygen atoms in total. The summed E-state index contributed by atoms with van der Waals surface area (Å²) in [6, 6.07) is 10.2. The molecule has 0 aliphatic heterocycles. The van der Waals surface area contributed by atoms with Gasteiger partial charge in [-0.05, 0) is 45.4 Å². The molecule has 0 aliphatic rings. The topological polar surface area (TPSA) is 45.0 Å². The molecule has 0 radical (unpaired) electrons. The Morgan fingerprint density at radius 1 is 1.41 bits per heavy atom. The lowest BCUT2D eigenvalue weighted by Gasteiger charge is -2.20. The van der Waals surface area contributed by atoms with Crippen molar-refractivity contribution in [2.75, 3.05) is 13.7 Å². The number of rotatable bonds is 6. The van der Waals surface area contributed by atoms with Crippen LogP contribution in [0, 0.1) is 18.3 Å². The molecule has 0 fully saturated rings. The smallest absolute Gasteiger partial charge is 0.122 e. The molecule has 1 unspecified atom stereocenters. The number of hydrogen-bond acceptors (Lipinski definition) is 3. The Hall–Kier alpha value is -1.53. The first kappa shape index (κ1) is 13.5. The van der Waals surface area contributed by atoms with Gasteiger partial charge in [0, 0.05) is 0 Å². The van der Waals surface area contributed by atoms with Crippen molar-refractivity contribution in [3.8, 4) is 11.8 Å². The van der Waals surface area contributed by atoms with E-state index in [9.17, 15) is 0 Å². The maximum atomic E-state index is 8.99. The van der Waals surface area contributed by atoms with Crippen LogP contribution in [0.3, 0.4) is 0 Å². The zero-order valence-corrected chi connectivity index (χ0v) is 10.8. The monoisotopic (exact) mass is 232 g/mol. The molecule has 0 saturated carbocycles. The maximum absolute atomic E-state index is 8.99. The molecule has 1 aromatic rings. The van der Waals surface area contributed by atoms with Crippen molar-refractivity contribution < 1.29 is 4.74 Å². The van der Waals surface area contributed by atoms with Gasteiger partial charge in [-0.15, -0.1) is 0 Å². The van der Waals surface area contributed by atoms with Crippen LogP contribution in [0.15, 0.2) is 24.3 Å². The van der Waals surface area contributed by atoms with Crippen LogP contribution in [0.4, 0.5) is 0 Å². The van der Waals surface area contributed by atoms with Gasteiger partial charge in [-0.25, -0.2) is 0 Å². The van der Waals surface area contributed by atoms with Crippen LogP contribution >= 0.6 is 0 Å². The standard InChI is InChI=1S/C14H20N2O/c1-12-7-4-5-8-13(12)17-10-6-9-14(2,11-15)16-3/h4-5,7-8,16H,6,9-10H2,1-3H3. The number of benzene rings is 1. The largest absolute Gasteiger partial charge is 0.493 e. The van der Waals surface area contributed by atoms with E-state index in [1.165, 1.54) is 0 Å². The Morgan fingerprint density at radius 2 is 2.12 bits per heavy atom. The number of aryl methyl sites for hydroxylation is 1. The molecule has 0 spiro atoms. The number of para-hydroxylation sites is 1. The molecule has 0 aromatic heterocycles. The summed E-state index contributed by atoms with van der Waals surface area (Å²) >= 11 is 0. The van der Waals surface area contributed by atoms with Gasteiger partial charge in [-0.3, -0.25) is 0 Å². The van der Waals surface area contributed by atoms with Crippen molar-refractivity contribution in [1.82, 2.24) is 5.32 Å². The van der Waals surface area contributed by atoms with E-state index in [-0.39, 0.29) is 0 Å². The van der Waals surface area contributed by atoms with Gasteiger partial charge in [0.15, 0.2) is 0 Å². The van der Waals surface area contributed by atoms with E-state index in [0.717, 1.165) is 24.2 Å². The summed E-state index contributed by atoms with van der Waals surface area (Å²) in [5, 5.41) is 12.0. The van der Waals surface area contributed by atoms with Crippen molar-refractivity contribution in [1.29, 1.82) is 5.26 Å². The molecule has 0 saturated heterocycles. The van der Waals surface area contributed by atoms with Crippen LogP contribution in [-0.2, 0) is 0 Å². The van der Waals surface area contributed by atoms with Gasteiger partial charge >= 0.3 is 0 Å². The molecule has 0 amide bonds. The van der Waals surface area contributed by atoms with E-state index >= 15 is 0 Å². The van der Waals surface area contributed by atoms with E-state index in [1.54, 1.807) is 0 Å². The first-order valence-electron chi connectivity index (χ1n) is 5.90. The van der Waals surface area contributed by atoms with Crippen LogP contribution in [0.2, 0.25) is 0 Å². The van der Waals surface area contributed by atoms with Crippen LogP contribution in [-0.4, -0.2) is 19.2 Å². The van der Waals surface area contributed by atoms with Crippen LogP contribution in [0.1, 0.15) is 25.3 Å². The first-order valence-corrected chi connectivity index (χ1v) is 5.90. The minimum absolute atomic E-state index is 0.449. The molecule has 3 heteroatoms. The highest BCUT2D eigenvalue weighted by molar-refractivity contribution is 5.31. The van der Waals surface area contributed by atoms with Gasteiger partial charge in [-0.2, -0.15) is 5.26 Å². The highest BCUT2D eigenvalue weighted by Crippen LogP contribution is 2.17. The van der Waals surface area contributed by atoms with Gasteiger partial charge in [0.05, 0.1) is 12.7 Å². The van der Waals surface area contributed by atoms with E-state index in [1.807, 2.05) is 45.2 Å². The van der Waals surface area contributed by atoms with Gasteiger partial charge in [-0.1, -0.05) is 18.2 Å². The van der Waals surface area contributed by atoms with Crippen molar-refractivity contribution in [3.05, 3.63) is 29.8 Å². The quantitative estimate of drug-likeness (QED) is 0.767. The Bertz CT molecular complexity index is 397. The lowest BCUT2D eigenvalue weighted by Crippen LogP contribution is -2.38. The number of nitrogens with zero attached hydrogens (tertiary/aromatic N) is 1. The second-order valence-corrected chi connectivity index (χ2v) is 4.41. The van der Waals surface area contributed by atoms with Gasteiger partial charge in [0.2, 0.25) is 0 Å². The molecule has 92 valence electrons. The minimum Gasteiger partial charge on any atom is -0.493 e. The Morgan fingerprint density at radius 3 is 2.71 bits per heavy atom. The summed E-state index contributed by atoms with van der Waals surface area (Å²) in [6.45, 7) is 4.58. The molecule has 0 aliphatic carbocycles. The van der Waals surface area contributed by atoms with Crippen LogP contribution in [0.5, 0.6) is 5.75 Å². The predicted molar refractivity (Wildman–Crippen MR) is 69.0 cm³/mol. The van der Waals surface area contributed by atoms with Crippen molar-refractivity contribution >= 4 is 0 Å². The minimum atomic E-state index is -0.449. The van der Waals surface area contributed by atoms with Crippen LogP contribution < -0.4 is 10.1 Å². The van der Waals surface area contributed by atoms with Gasteiger partial charge in [0.25, 0.3) is 0 Å².